The van der Waals surface area contributed by atoms with Crippen LogP contribution in [0.15, 0.2) is 18.3 Å². The fourth-order valence-corrected chi connectivity index (χ4v) is 2.62. The number of carbonyl (C=O) groups excluding carboxylic acids is 1. The number of pyridine rings is 1. The highest BCUT2D eigenvalue weighted by molar-refractivity contribution is 5.98. The summed E-state index contributed by atoms with van der Waals surface area (Å²) in [6, 6.07) is 3.25. The molecule has 1 fully saturated rings. The molecule has 1 heterocycles. The van der Waals surface area contributed by atoms with Crippen molar-refractivity contribution >= 4 is 11.7 Å². The molecule has 3 N–H and O–H groups in total. The van der Waals surface area contributed by atoms with E-state index in [0.717, 1.165) is 25.7 Å². The molecule has 5 nitrogen and oxygen atoms in total. The van der Waals surface area contributed by atoms with Crippen LogP contribution in [0, 0.1) is 11.8 Å². The largest absolute Gasteiger partial charge is 0.505 e. The van der Waals surface area contributed by atoms with Crippen LogP contribution < -0.4 is 5.41 Å². The van der Waals surface area contributed by atoms with Gasteiger partial charge in [-0.3, -0.25) is 10.2 Å². The molecule has 1 aliphatic carbocycles. The molecule has 1 saturated carbocycles. The first-order valence-electron chi connectivity index (χ1n) is 6.48. The van der Waals surface area contributed by atoms with Gasteiger partial charge in [0.2, 0.25) is 5.71 Å². The highest BCUT2D eigenvalue weighted by Gasteiger charge is 2.32. The molecule has 0 radical (unpaired) electrons. The van der Waals surface area contributed by atoms with Gasteiger partial charge in [0.25, 0.3) is 0 Å². The lowest BCUT2D eigenvalue weighted by Crippen LogP contribution is -2.46. The van der Waals surface area contributed by atoms with Crippen molar-refractivity contribution in [2.24, 2.45) is 11.8 Å². The van der Waals surface area contributed by atoms with E-state index in [4.69, 9.17) is 10.1 Å². The summed E-state index contributed by atoms with van der Waals surface area (Å²) >= 11 is 0. The second kappa shape index (κ2) is 5.82. The Kier molecular flexibility index (Phi) is 4.14. The van der Waals surface area contributed by atoms with Gasteiger partial charge in [-0.05, 0) is 37.8 Å². The van der Waals surface area contributed by atoms with Gasteiger partial charge >= 0.3 is 5.97 Å². The highest BCUT2D eigenvalue weighted by atomic mass is 16.5. The molecule has 0 bridgehead atoms. The summed E-state index contributed by atoms with van der Waals surface area (Å²) in [6.07, 6.45) is 4.79. The van der Waals surface area contributed by atoms with Crippen molar-refractivity contribution in [3.05, 3.63) is 24.0 Å². The predicted octanol–water partition coefficient (Wildman–Crippen LogP) is 0.315. The van der Waals surface area contributed by atoms with E-state index in [1.807, 2.05) is 0 Å². The maximum absolute atomic E-state index is 11.5. The van der Waals surface area contributed by atoms with Crippen LogP contribution in [-0.2, 0) is 9.53 Å². The van der Waals surface area contributed by atoms with E-state index in [-0.39, 0.29) is 23.6 Å². The quantitative estimate of drug-likeness (QED) is 0.607. The van der Waals surface area contributed by atoms with Gasteiger partial charge in [0.1, 0.15) is 5.75 Å². The summed E-state index contributed by atoms with van der Waals surface area (Å²) in [7, 11) is 1.42. The van der Waals surface area contributed by atoms with E-state index < -0.39 is 0 Å². The third kappa shape index (κ3) is 2.92. The first kappa shape index (κ1) is 13.5. The monoisotopic (exact) mass is 263 g/mol. The highest BCUT2D eigenvalue weighted by Crippen LogP contribution is 2.31. The number of hydrogen-bond donors (Lipinski definition) is 2. The molecule has 0 saturated heterocycles. The van der Waals surface area contributed by atoms with Crippen LogP contribution >= 0.6 is 0 Å². The molecule has 5 heteroatoms. The molecule has 102 valence electrons. The molecular formula is C14H19N2O3+. The summed E-state index contributed by atoms with van der Waals surface area (Å²) in [5.74, 6) is 0.112. The van der Waals surface area contributed by atoms with Crippen LogP contribution in [0.4, 0.5) is 0 Å². The number of hydrogen-bond acceptors (Lipinski definition) is 4. The van der Waals surface area contributed by atoms with Crippen molar-refractivity contribution in [3.8, 4) is 5.75 Å². The van der Waals surface area contributed by atoms with E-state index in [1.165, 1.54) is 7.11 Å². The van der Waals surface area contributed by atoms with Gasteiger partial charge in [-0.15, -0.1) is 0 Å². The van der Waals surface area contributed by atoms with Crippen molar-refractivity contribution in [2.45, 2.75) is 25.7 Å². The predicted molar refractivity (Wildman–Crippen MR) is 69.4 cm³/mol. The number of esters is 1. The molecular weight excluding hydrogens is 244 g/mol. The Morgan fingerprint density at radius 3 is 2.58 bits per heavy atom. The van der Waals surface area contributed by atoms with Crippen molar-refractivity contribution in [2.75, 3.05) is 7.11 Å². The topological polar surface area (TPSA) is 85.0 Å². The van der Waals surface area contributed by atoms with Crippen LogP contribution in [0.25, 0.3) is 0 Å². The standard InChI is InChI=1S/C14H18N2O3/c1-19-14(18)10-6-4-9(5-7-10)12(15)13-11(17)3-2-8-16-13/h2-3,8-10,15,17H,4-7H2,1H3/p+1. The zero-order valence-electron chi connectivity index (χ0n) is 11.0. The van der Waals surface area contributed by atoms with E-state index in [1.54, 1.807) is 18.3 Å². The SMILES string of the molecule is COC(=O)C1CCC(C(=[NH2+])c2ncccc2O)CC1. The Balaban J connectivity index is 2.00. The molecule has 0 spiro atoms. The molecule has 1 aromatic rings. The summed E-state index contributed by atoms with van der Waals surface area (Å²) in [5.41, 5.74) is 1.07. The van der Waals surface area contributed by atoms with Gasteiger partial charge in [0.05, 0.1) is 13.0 Å². The molecule has 0 aromatic carbocycles. The Hall–Kier alpha value is -1.91. The molecule has 2 rings (SSSR count). The summed E-state index contributed by atoms with van der Waals surface area (Å²) in [5, 5.41) is 15.9. The van der Waals surface area contributed by atoms with Crippen molar-refractivity contribution in [3.63, 3.8) is 0 Å². The Morgan fingerprint density at radius 2 is 2.00 bits per heavy atom. The first-order valence-corrected chi connectivity index (χ1v) is 6.48. The Bertz CT molecular complexity index is 479. The molecule has 0 amide bonds. The smallest absolute Gasteiger partial charge is 0.308 e. The molecule has 0 unspecified atom stereocenters. The number of aromatic nitrogens is 1. The number of nitrogens with zero attached hydrogens (tertiary/aromatic N) is 1. The zero-order chi connectivity index (χ0) is 13.8. The fourth-order valence-electron chi connectivity index (χ4n) is 2.62. The average molecular weight is 263 g/mol. The number of methoxy groups -OCH3 is 1. The van der Waals surface area contributed by atoms with Gasteiger partial charge in [-0.25, -0.2) is 4.98 Å². The third-order valence-corrected chi connectivity index (χ3v) is 3.76. The number of aromatic hydroxyl groups is 1. The molecule has 19 heavy (non-hydrogen) atoms. The van der Waals surface area contributed by atoms with E-state index >= 15 is 0 Å². The summed E-state index contributed by atoms with van der Waals surface area (Å²) < 4.78 is 4.76. The van der Waals surface area contributed by atoms with Crippen molar-refractivity contribution in [1.29, 1.82) is 0 Å². The van der Waals surface area contributed by atoms with E-state index in [2.05, 4.69) is 4.98 Å². The number of carbonyl (C=O) groups is 1. The van der Waals surface area contributed by atoms with Crippen LogP contribution in [0.2, 0.25) is 0 Å². The maximum Gasteiger partial charge on any atom is 0.308 e. The lowest BCUT2D eigenvalue weighted by atomic mass is 9.79. The van der Waals surface area contributed by atoms with Crippen LogP contribution in [0.1, 0.15) is 31.4 Å². The minimum absolute atomic E-state index is 0.0219. The summed E-state index contributed by atoms with van der Waals surface area (Å²) in [6.45, 7) is 0. The Labute approximate surface area is 112 Å². The van der Waals surface area contributed by atoms with Gasteiger partial charge in [-0.1, -0.05) is 0 Å². The maximum atomic E-state index is 11.5. The van der Waals surface area contributed by atoms with Crippen LogP contribution in [0.3, 0.4) is 0 Å². The minimum atomic E-state index is -0.141. The second-order valence-electron chi connectivity index (χ2n) is 4.90. The molecule has 1 aliphatic rings. The lowest BCUT2D eigenvalue weighted by Gasteiger charge is -2.25. The zero-order valence-corrected chi connectivity index (χ0v) is 11.0. The van der Waals surface area contributed by atoms with Gasteiger partial charge in [-0.2, -0.15) is 0 Å². The van der Waals surface area contributed by atoms with Gasteiger partial charge < -0.3 is 9.84 Å². The van der Waals surface area contributed by atoms with Crippen LogP contribution in [0.5, 0.6) is 5.75 Å². The Morgan fingerprint density at radius 1 is 1.37 bits per heavy atom. The molecule has 1 aromatic heterocycles. The number of rotatable bonds is 3. The molecule has 0 atom stereocenters. The number of ether oxygens (including phenoxy) is 1. The van der Waals surface area contributed by atoms with E-state index in [0.29, 0.717) is 11.4 Å². The second-order valence-corrected chi connectivity index (χ2v) is 4.90. The molecule has 0 aliphatic heterocycles. The van der Waals surface area contributed by atoms with Crippen molar-refractivity contribution < 1.29 is 20.0 Å². The van der Waals surface area contributed by atoms with E-state index in [9.17, 15) is 9.90 Å². The van der Waals surface area contributed by atoms with Gasteiger partial charge in [0.15, 0.2) is 5.69 Å². The lowest BCUT2D eigenvalue weighted by molar-refractivity contribution is -0.147. The normalized spacial score (nSPS) is 22.8. The first-order chi connectivity index (χ1) is 9.13. The average Bonchev–Trinajstić information content (AvgIpc) is 2.46. The number of nitrogens with two attached hydrogens (primary N) is 1. The van der Waals surface area contributed by atoms with Crippen LogP contribution in [-0.4, -0.2) is 28.9 Å². The fraction of sp³-hybridized carbons (Fsp3) is 0.500. The third-order valence-electron chi connectivity index (χ3n) is 3.76. The minimum Gasteiger partial charge on any atom is -0.505 e. The summed E-state index contributed by atoms with van der Waals surface area (Å²) in [4.78, 5) is 15.6. The van der Waals surface area contributed by atoms with Crippen molar-refractivity contribution in [1.82, 2.24) is 4.98 Å². The van der Waals surface area contributed by atoms with Gasteiger partial charge in [0, 0.05) is 12.1 Å².